The Bertz CT molecular complexity index is 277. The molecule has 4 N–H and O–H groups in total. The Morgan fingerprint density at radius 2 is 2.00 bits per heavy atom. The van der Waals surface area contributed by atoms with Crippen molar-refractivity contribution in [2.75, 3.05) is 13.1 Å². The molecule has 0 aromatic heterocycles. The molecule has 2 atom stereocenters. The first-order valence-electron chi connectivity index (χ1n) is 7.73. The van der Waals surface area contributed by atoms with Gasteiger partial charge in [0.05, 0.1) is 6.10 Å². The molecular formula is C15H31ClN2O2. The molecule has 1 aliphatic rings. The molecule has 0 bridgehead atoms. The molecule has 4 nitrogen and oxygen atoms in total. The maximum absolute atomic E-state index is 11.7. The first kappa shape index (κ1) is 19.7. The second-order valence-corrected chi connectivity index (χ2v) is 6.15. The molecule has 0 radical (unpaired) electrons. The fourth-order valence-electron chi connectivity index (χ4n) is 2.76. The van der Waals surface area contributed by atoms with E-state index in [9.17, 15) is 9.90 Å². The van der Waals surface area contributed by atoms with E-state index in [4.69, 9.17) is 5.73 Å². The van der Waals surface area contributed by atoms with Crippen LogP contribution in [0, 0.1) is 5.41 Å². The van der Waals surface area contributed by atoms with Crippen LogP contribution in [0.5, 0.6) is 0 Å². The third-order valence-corrected chi connectivity index (χ3v) is 4.33. The molecule has 0 heterocycles. The first-order chi connectivity index (χ1) is 9.08. The van der Waals surface area contributed by atoms with Crippen molar-refractivity contribution in [3.05, 3.63) is 0 Å². The van der Waals surface area contributed by atoms with Gasteiger partial charge in [-0.15, -0.1) is 12.4 Å². The van der Waals surface area contributed by atoms with Crippen LogP contribution >= 0.6 is 12.4 Å². The number of hydrogen-bond acceptors (Lipinski definition) is 3. The summed E-state index contributed by atoms with van der Waals surface area (Å²) in [7, 11) is 0. The molecule has 1 amide bonds. The summed E-state index contributed by atoms with van der Waals surface area (Å²) < 4.78 is 0. The summed E-state index contributed by atoms with van der Waals surface area (Å²) in [5, 5.41) is 13.0. The van der Waals surface area contributed by atoms with Gasteiger partial charge in [0.15, 0.2) is 0 Å². The fraction of sp³-hybridized carbons (Fsp3) is 0.933. The van der Waals surface area contributed by atoms with Gasteiger partial charge in [-0.3, -0.25) is 4.79 Å². The zero-order chi connectivity index (χ0) is 14.1. The number of hydrogen-bond donors (Lipinski definition) is 3. The van der Waals surface area contributed by atoms with E-state index in [0.29, 0.717) is 13.0 Å². The number of aliphatic hydroxyl groups excluding tert-OH is 1. The van der Waals surface area contributed by atoms with Crippen LogP contribution in [0.3, 0.4) is 0 Å². The van der Waals surface area contributed by atoms with E-state index < -0.39 is 0 Å². The smallest absolute Gasteiger partial charge is 0.220 e. The Morgan fingerprint density at radius 1 is 1.30 bits per heavy atom. The number of halogens is 1. The molecule has 0 aliphatic heterocycles. The average Bonchev–Trinajstić information content (AvgIpc) is 2.40. The van der Waals surface area contributed by atoms with Gasteiger partial charge in [-0.2, -0.15) is 0 Å². The van der Waals surface area contributed by atoms with Crippen LogP contribution in [0.1, 0.15) is 64.7 Å². The topological polar surface area (TPSA) is 75.4 Å². The predicted molar refractivity (Wildman–Crippen MR) is 85.0 cm³/mol. The highest BCUT2D eigenvalue weighted by molar-refractivity contribution is 5.85. The second-order valence-electron chi connectivity index (χ2n) is 6.15. The lowest BCUT2D eigenvalue weighted by atomic mass is 9.73. The van der Waals surface area contributed by atoms with Crippen LogP contribution in [0.4, 0.5) is 0 Å². The molecule has 2 unspecified atom stereocenters. The number of aliphatic hydroxyl groups is 1. The zero-order valence-electron chi connectivity index (χ0n) is 12.7. The average molecular weight is 307 g/mol. The van der Waals surface area contributed by atoms with E-state index in [1.165, 1.54) is 0 Å². The lowest BCUT2D eigenvalue weighted by Gasteiger charge is -2.38. The predicted octanol–water partition coefficient (Wildman–Crippen LogP) is 2.37. The van der Waals surface area contributed by atoms with Crippen molar-refractivity contribution in [1.82, 2.24) is 5.32 Å². The third kappa shape index (κ3) is 6.91. The van der Waals surface area contributed by atoms with Crippen molar-refractivity contribution < 1.29 is 9.90 Å². The lowest BCUT2D eigenvalue weighted by molar-refractivity contribution is -0.122. The van der Waals surface area contributed by atoms with Crippen LogP contribution in [0.15, 0.2) is 0 Å². The number of unbranched alkanes of at least 4 members (excludes halogenated alkanes) is 3. The SMILES string of the molecule is CC1(CNC(=O)CCCCCCN)CCCCC1O.Cl. The van der Waals surface area contributed by atoms with Crippen LogP contribution in [-0.4, -0.2) is 30.2 Å². The van der Waals surface area contributed by atoms with Crippen LogP contribution in [0.25, 0.3) is 0 Å². The number of rotatable bonds is 8. The summed E-state index contributed by atoms with van der Waals surface area (Å²) in [4.78, 5) is 11.7. The molecule has 20 heavy (non-hydrogen) atoms. The van der Waals surface area contributed by atoms with E-state index in [-0.39, 0.29) is 29.8 Å². The summed E-state index contributed by atoms with van der Waals surface area (Å²) >= 11 is 0. The van der Waals surface area contributed by atoms with Crippen LogP contribution < -0.4 is 11.1 Å². The van der Waals surface area contributed by atoms with E-state index in [1.807, 2.05) is 0 Å². The summed E-state index contributed by atoms with van der Waals surface area (Å²) in [6.07, 6.45) is 8.62. The number of carbonyl (C=O) groups is 1. The van der Waals surface area contributed by atoms with Gasteiger partial charge in [0.1, 0.15) is 0 Å². The largest absolute Gasteiger partial charge is 0.392 e. The molecular weight excluding hydrogens is 276 g/mol. The normalized spacial score (nSPS) is 25.9. The van der Waals surface area contributed by atoms with Crippen molar-refractivity contribution >= 4 is 18.3 Å². The van der Waals surface area contributed by atoms with E-state index in [0.717, 1.165) is 57.9 Å². The Labute approximate surface area is 129 Å². The van der Waals surface area contributed by atoms with Crippen molar-refractivity contribution in [3.8, 4) is 0 Å². The monoisotopic (exact) mass is 306 g/mol. The number of carbonyl (C=O) groups excluding carboxylic acids is 1. The minimum absolute atomic E-state index is 0. The molecule has 1 aliphatic carbocycles. The highest BCUT2D eigenvalue weighted by Crippen LogP contribution is 2.35. The van der Waals surface area contributed by atoms with Gasteiger partial charge < -0.3 is 16.2 Å². The van der Waals surface area contributed by atoms with Crippen molar-refractivity contribution in [2.24, 2.45) is 11.1 Å². The molecule has 120 valence electrons. The molecule has 0 aromatic carbocycles. The third-order valence-electron chi connectivity index (χ3n) is 4.33. The standard InChI is InChI=1S/C15H30N2O2.ClH/c1-15(10-6-5-8-13(15)18)12-17-14(19)9-4-2-3-7-11-16;/h13,18H,2-12,16H2,1H3,(H,17,19);1H. The van der Waals surface area contributed by atoms with Gasteiger partial charge in [-0.25, -0.2) is 0 Å². The molecule has 0 spiro atoms. The molecule has 0 aromatic rings. The summed E-state index contributed by atoms with van der Waals surface area (Å²) in [6.45, 7) is 3.43. The van der Waals surface area contributed by atoms with E-state index >= 15 is 0 Å². The van der Waals surface area contributed by atoms with Crippen molar-refractivity contribution in [2.45, 2.75) is 70.8 Å². The summed E-state index contributed by atoms with van der Waals surface area (Å²) in [5.74, 6) is 0.117. The minimum atomic E-state index is -0.272. The Balaban J connectivity index is 0.00000361. The van der Waals surface area contributed by atoms with Gasteiger partial charge in [0.25, 0.3) is 0 Å². The van der Waals surface area contributed by atoms with Gasteiger partial charge >= 0.3 is 0 Å². The van der Waals surface area contributed by atoms with Crippen molar-refractivity contribution in [3.63, 3.8) is 0 Å². The zero-order valence-corrected chi connectivity index (χ0v) is 13.5. The van der Waals surface area contributed by atoms with Gasteiger partial charge in [-0.05, 0) is 32.2 Å². The fourth-order valence-corrected chi connectivity index (χ4v) is 2.76. The van der Waals surface area contributed by atoms with Gasteiger partial charge in [0, 0.05) is 18.4 Å². The molecule has 0 saturated heterocycles. The highest BCUT2D eigenvalue weighted by atomic mass is 35.5. The Morgan fingerprint density at radius 3 is 2.65 bits per heavy atom. The molecule has 1 fully saturated rings. The first-order valence-corrected chi connectivity index (χ1v) is 7.73. The van der Waals surface area contributed by atoms with Crippen molar-refractivity contribution in [1.29, 1.82) is 0 Å². The highest BCUT2D eigenvalue weighted by Gasteiger charge is 2.35. The van der Waals surface area contributed by atoms with Crippen LogP contribution in [0.2, 0.25) is 0 Å². The quantitative estimate of drug-likeness (QED) is 0.603. The molecule has 5 heteroatoms. The molecule has 1 rings (SSSR count). The Hall–Kier alpha value is -0.320. The van der Waals surface area contributed by atoms with Gasteiger partial charge in [0.2, 0.25) is 5.91 Å². The number of nitrogens with two attached hydrogens (primary N) is 1. The Kier molecular flexibility index (Phi) is 10.2. The summed E-state index contributed by atoms with van der Waals surface area (Å²) in [5.41, 5.74) is 5.29. The summed E-state index contributed by atoms with van der Waals surface area (Å²) in [6, 6.07) is 0. The second kappa shape index (κ2) is 10.4. The lowest BCUT2D eigenvalue weighted by Crippen LogP contribution is -2.45. The minimum Gasteiger partial charge on any atom is -0.392 e. The van der Waals surface area contributed by atoms with E-state index in [1.54, 1.807) is 0 Å². The number of amides is 1. The maximum Gasteiger partial charge on any atom is 0.220 e. The maximum atomic E-state index is 11.7. The number of nitrogens with one attached hydrogen (secondary N) is 1. The van der Waals surface area contributed by atoms with Crippen LogP contribution in [-0.2, 0) is 4.79 Å². The van der Waals surface area contributed by atoms with E-state index in [2.05, 4.69) is 12.2 Å². The van der Waals surface area contributed by atoms with Gasteiger partial charge in [-0.1, -0.05) is 32.6 Å². The molecule has 1 saturated carbocycles.